The van der Waals surface area contributed by atoms with E-state index in [1.165, 1.54) is 66.3 Å². The summed E-state index contributed by atoms with van der Waals surface area (Å²) in [5, 5.41) is 9.76. The van der Waals surface area contributed by atoms with Crippen LogP contribution in [-0.4, -0.2) is 4.57 Å². The first-order valence-electron chi connectivity index (χ1n) is 16.7. The van der Waals surface area contributed by atoms with Gasteiger partial charge in [0.15, 0.2) is 0 Å². The Kier molecular flexibility index (Phi) is 6.27. The van der Waals surface area contributed by atoms with Gasteiger partial charge in [-0.3, -0.25) is 0 Å². The molecule has 50 heavy (non-hydrogen) atoms. The topological polar surface area (TPSA) is 8.17 Å². The highest BCUT2D eigenvalue weighted by Gasteiger charge is 2.21. The normalized spacial score (nSPS) is 11.8. The molecule has 0 aliphatic heterocycles. The summed E-state index contributed by atoms with van der Waals surface area (Å²) < 4.78 is 32.7. The molecule has 0 fully saturated rings. The van der Waals surface area contributed by atoms with Gasteiger partial charge in [-0.05, 0) is 104 Å². The molecule has 10 aromatic rings. The molecule has 0 aliphatic rings. The van der Waals surface area contributed by atoms with Gasteiger partial charge in [-0.1, -0.05) is 109 Å². The molecule has 4 heteroatoms. The van der Waals surface area contributed by atoms with Crippen molar-refractivity contribution >= 4 is 71.2 Å². The number of anilines is 3. The first-order chi connectivity index (χ1) is 24.7. The molecule has 10 rings (SSSR count). The zero-order valence-corrected chi connectivity index (χ0v) is 26.8. The van der Waals surface area contributed by atoms with Gasteiger partial charge in [0, 0.05) is 22.1 Å². The van der Waals surface area contributed by atoms with Gasteiger partial charge in [-0.25, -0.2) is 8.78 Å². The molecule has 2 nitrogen and oxygen atoms in total. The van der Waals surface area contributed by atoms with E-state index in [1.54, 1.807) is 41.3 Å². The first-order valence-corrected chi connectivity index (χ1v) is 16.7. The molecule has 0 unspecified atom stereocenters. The fourth-order valence-electron chi connectivity index (χ4n) is 7.90. The lowest BCUT2D eigenvalue weighted by atomic mass is 9.88. The number of fused-ring (bicyclic) bond motifs is 4. The number of rotatable bonds is 5. The molecule has 0 atom stereocenters. The minimum Gasteiger partial charge on any atom is -0.309 e. The predicted molar refractivity (Wildman–Crippen MR) is 205 cm³/mol. The van der Waals surface area contributed by atoms with Crippen LogP contribution < -0.4 is 4.90 Å². The van der Waals surface area contributed by atoms with E-state index < -0.39 is 11.6 Å². The molecule has 0 amide bonds. The maximum absolute atomic E-state index is 15.2. The Labute approximate surface area is 287 Å². The molecule has 0 radical (unpaired) electrons. The predicted octanol–water partition coefficient (Wildman–Crippen LogP) is 13.1. The summed E-state index contributed by atoms with van der Waals surface area (Å²) in [6.45, 7) is 0. The summed E-state index contributed by atoms with van der Waals surface area (Å²) >= 11 is 0. The van der Waals surface area contributed by atoms with Crippen LogP contribution >= 0.6 is 0 Å². The molecule has 0 aliphatic carbocycles. The molecule has 0 spiro atoms. The number of hydrogen-bond donors (Lipinski definition) is 0. The van der Waals surface area contributed by atoms with Crippen molar-refractivity contribution in [1.82, 2.24) is 4.57 Å². The first kappa shape index (κ1) is 28.5. The van der Waals surface area contributed by atoms with Gasteiger partial charge in [0.05, 0.1) is 22.4 Å². The van der Waals surface area contributed by atoms with Crippen molar-refractivity contribution in [3.05, 3.63) is 181 Å². The number of hydrogen-bond acceptors (Lipinski definition) is 1. The largest absolute Gasteiger partial charge is 0.309 e. The molecule has 0 saturated heterocycles. The minimum absolute atomic E-state index is 0.285. The maximum Gasteiger partial charge on any atom is 0.147 e. The Morgan fingerprint density at radius 2 is 1.02 bits per heavy atom. The monoisotopic (exact) mass is 646 g/mol. The summed E-state index contributed by atoms with van der Waals surface area (Å²) in [6.07, 6.45) is 0. The Morgan fingerprint density at radius 3 is 1.76 bits per heavy atom. The van der Waals surface area contributed by atoms with E-state index in [2.05, 4.69) is 102 Å². The van der Waals surface area contributed by atoms with Crippen LogP contribution in [0.4, 0.5) is 25.8 Å². The second-order valence-corrected chi connectivity index (χ2v) is 12.8. The average Bonchev–Trinajstić information content (AvgIpc) is 3.50. The van der Waals surface area contributed by atoms with Gasteiger partial charge in [0.25, 0.3) is 0 Å². The van der Waals surface area contributed by atoms with E-state index in [0.717, 1.165) is 16.8 Å². The minimum atomic E-state index is -0.424. The third kappa shape index (κ3) is 4.18. The molecule has 1 aromatic heterocycles. The SMILES string of the molecule is Fc1ccccc1N(c1ccc(-c2ccc3ccc4cc5c(c6ccc2c3c46)c2ccccc2n5-c2ccccc2)cc1)c1ccccc1F. The third-order valence-electron chi connectivity index (χ3n) is 10.1. The van der Waals surface area contributed by atoms with E-state index in [4.69, 9.17) is 0 Å². The summed E-state index contributed by atoms with van der Waals surface area (Å²) in [4.78, 5) is 1.63. The van der Waals surface area contributed by atoms with Crippen LogP contribution in [0.2, 0.25) is 0 Å². The number of nitrogens with zero attached hydrogens (tertiary/aromatic N) is 2. The molecular formula is C46H28F2N2. The average molecular weight is 647 g/mol. The van der Waals surface area contributed by atoms with Crippen molar-refractivity contribution < 1.29 is 8.78 Å². The zero-order chi connectivity index (χ0) is 33.3. The summed E-state index contributed by atoms with van der Waals surface area (Å²) in [7, 11) is 0. The molecular weight excluding hydrogens is 619 g/mol. The molecule has 236 valence electrons. The third-order valence-corrected chi connectivity index (χ3v) is 10.1. The van der Waals surface area contributed by atoms with Crippen LogP contribution in [0.3, 0.4) is 0 Å². The van der Waals surface area contributed by atoms with Gasteiger partial charge < -0.3 is 9.47 Å². The maximum atomic E-state index is 15.2. The fourth-order valence-corrected chi connectivity index (χ4v) is 7.90. The fraction of sp³-hybridized carbons (Fsp3) is 0. The van der Waals surface area contributed by atoms with Crippen molar-refractivity contribution in [1.29, 1.82) is 0 Å². The van der Waals surface area contributed by atoms with Gasteiger partial charge in [-0.2, -0.15) is 0 Å². The molecule has 0 bridgehead atoms. The Morgan fingerprint density at radius 1 is 0.420 bits per heavy atom. The lowest BCUT2D eigenvalue weighted by molar-refractivity contribution is 0.619. The Balaban J connectivity index is 1.17. The number of aromatic nitrogens is 1. The highest BCUT2D eigenvalue weighted by atomic mass is 19.1. The van der Waals surface area contributed by atoms with E-state index in [1.807, 2.05) is 24.3 Å². The Hall–Kier alpha value is -6.52. The lowest BCUT2D eigenvalue weighted by Crippen LogP contribution is -2.13. The van der Waals surface area contributed by atoms with E-state index in [0.29, 0.717) is 5.69 Å². The van der Waals surface area contributed by atoms with Gasteiger partial charge >= 0.3 is 0 Å². The van der Waals surface area contributed by atoms with Crippen molar-refractivity contribution in [2.75, 3.05) is 4.90 Å². The highest BCUT2D eigenvalue weighted by molar-refractivity contribution is 6.34. The van der Waals surface area contributed by atoms with Crippen molar-refractivity contribution in [3.8, 4) is 16.8 Å². The van der Waals surface area contributed by atoms with Crippen LogP contribution in [0.15, 0.2) is 170 Å². The van der Waals surface area contributed by atoms with Crippen molar-refractivity contribution in [2.45, 2.75) is 0 Å². The second-order valence-electron chi connectivity index (χ2n) is 12.8. The molecule has 0 saturated carbocycles. The number of para-hydroxylation sites is 4. The lowest BCUT2D eigenvalue weighted by Gasteiger charge is -2.26. The Bertz CT molecular complexity index is 2840. The molecule has 1 heterocycles. The van der Waals surface area contributed by atoms with E-state index in [-0.39, 0.29) is 11.4 Å². The smallest absolute Gasteiger partial charge is 0.147 e. The van der Waals surface area contributed by atoms with E-state index in [9.17, 15) is 0 Å². The molecule has 9 aromatic carbocycles. The summed E-state index contributed by atoms with van der Waals surface area (Å²) in [5.74, 6) is -0.847. The molecule has 0 N–H and O–H groups in total. The summed E-state index contributed by atoms with van der Waals surface area (Å²) in [5.41, 5.74) is 6.88. The quantitative estimate of drug-likeness (QED) is 0.169. The van der Waals surface area contributed by atoms with Crippen LogP contribution in [-0.2, 0) is 0 Å². The number of benzene rings is 9. The van der Waals surface area contributed by atoms with Crippen molar-refractivity contribution in [3.63, 3.8) is 0 Å². The van der Waals surface area contributed by atoms with Gasteiger partial charge in [-0.15, -0.1) is 0 Å². The summed E-state index contributed by atoms with van der Waals surface area (Å²) in [6, 6.07) is 55.9. The zero-order valence-electron chi connectivity index (χ0n) is 26.8. The van der Waals surface area contributed by atoms with Gasteiger partial charge in [0.2, 0.25) is 0 Å². The second kappa shape index (κ2) is 11.0. The van der Waals surface area contributed by atoms with E-state index >= 15 is 8.78 Å². The van der Waals surface area contributed by atoms with Crippen LogP contribution in [0.1, 0.15) is 0 Å². The standard InChI is InChI=1S/C46H28F2N2/c47-38-13-5-8-16-41(38)50(42-17-9-6-14-39(42)48)33-23-20-29(21-24-33)34-25-22-30-18-19-31-28-43-46(37-27-26-35(34)44(30)45(31)37)36-12-4-7-15-40(36)49(43)32-10-2-1-3-11-32/h1-28H. The van der Waals surface area contributed by atoms with Gasteiger partial charge in [0.1, 0.15) is 11.6 Å². The van der Waals surface area contributed by atoms with Crippen LogP contribution in [0, 0.1) is 11.6 Å². The van der Waals surface area contributed by atoms with Crippen LogP contribution in [0.5, 0.6) is 0 Å². The number of halogens is 2. The van der Waals surface area contributed by atoms with Crippen LogP contribution in [0.25, 0.3) is 70.9 Å². The van der Waals surface area contributed by atoms with Crippen molar-refractivity contribution in [2.24, 2.45) is 0 Å². The highest BCUT2D eigenvalue weighted by Crippen LogP contribution is 2.45.